The summed E-state index contributed by atoms with van der Waals surface area (Å²) in [4.78, 5) is 0. The summed E-state index contributed by atoms with van der Waals surface area (Å²) in [6.07, 6.45) is 0. The van der Waals surface area contributed by atoms with Gasteiger partial charge in [-0.15, -0.1) is 10.2 Å². The van der Waals surface area contributed by atoms with Crippen LogP contribution in [0.15, 0.2) is 60.7 Å². The van der Waals surface area contributed by atoms with Crippen LogP contribution in [0.1, 0.15) is 5.56 Å². The van der Waals surface area contributed by atoms with Gasteiger partial charge in [0.05, 0.1) is 30.1 Å². The molecule has 0 aliphatic carbocycles. The molecule has 0 bridgehead atoms. The second-order valence-electron chi connectivity index (χ2n) is 4.70. The Bertz CT molecular complexity index is 835. The van der Waals surface area contributed by atoms with Crippen LogP contribution in [0.3, 0.4) is 0 Å². The van der Waals surface area contributed by atoms with Gasteiger partial charge < -0.3 is 4.74 Å². The predicted molar refractivity (Wildman–Crippen MR) is 84.2 cm³/mol. The van der Waals surface area contributed by atoms with E-state index in [1.54, 1.807) is 19.2 Å². The number of nitriles is 1. The van der Waals surface area contributed by atoms with Crippen molar-refractivity contribution < 1.29 is 4.74 Å². The predicted octanol–water partition coefficient (Wildman–Crippen LogP) is 3.69. The molecule has 1 aromatic heterocycles. The standard InChI is InChI=1S/C18H13N3O/c1-22-18-8-3-2-7-15(18)17-10-9-16(20-21-17)14-6-4-5-13(11-14)12-19/h2-11H,1H3. The van der Waals surface area contributed by atoms with Gasteiger partial charge in [-0.1, -0.05) is 24.3 Å². The van der Waals surface area contributed by atoms with Crippen molar-refractivity contribution in [2.24, 2.45) is 0 Å². The number of nitrogens with zero attached hydrogens (tertiary/aromatic N) is 3. The summed E-state index contributed by atoms with van der Waals surface area (Å²) in [5.41, 5.74) is 3.86. The number of benzene rings is 2. The van der Waals surface area contributed by atoms with E-state index in [2.05, 4.69) is 16.3 Å². The van der Waals surface area contributed by atoms with Crippen LogP contribution >= 0.6 is 0 Å². The molecule has 1 heterocycles. The number of rotatable bonds is 3. The van der Waals surface area contributed by atoms with Crippen molar-refractivity contribution in [3.05, 3.63) is 66.2 Å². The fourth-order valence-corrected chi connectivity index (χ4v) is 2.23. The van der Waals surface area contributed by atoms with Crippen LogP contribution in [0.5, 0.6) is 5.75 Å². The Morgan fingerprint density at radius 1 is 0.909 bits per heavy atom. The van der Waals surface area contributed by atoms with E-state index in [4.69, 9.17) is 10.00 Å². The van der Waals surface area contributed by atoms with Crippen LogP contribution in [0.2, 0.25) is 0 Å². The first-order valence-corrected chi connectivity index (χ1v) is 6.79. The van der Waals surface area contributed by atoms with Gasteiger partial charge in [-0.2, -0.15) is 5.26 Å². The SMILES string of the molecule is COc1ccccc1-c1ccc(-c2cccc(C#N)c2)nn1. The summed E-state index contributed by atoms with van der Waals surface area (Å²) >= 11 is 0. The summed E-state index contributed by atoms with van der Waals surface area (Å²) in [6, 6.07) is 20.9. The topological polar surface area (TPSA) is 58.8 Å². The zero-order valence-corrected chi connectivity index (χ0v) is 12.0. The molecule has 0 radical (unpaired) electrons. The molecule has 106 valence electrons. The third kappa shape index (κ3) is 2.65. The van der Waals surface area contributed by atoms with Crippen LogP contribution in [0, 0.1) is 11.3 Å². The monoisotopic (exact) mass is 287 g/mol. The highest BCUT2D eigenvalue weighted by atomic mass is 16.5. The Morgan fingerprint density at radius 3 is 2.41 bits per heavy atom. The molecule has 4 nitrogen and oxygen atoms in total. The molecule has 0 fully saturated rings. The first-order valence-electron chi connectivity index (χ1n) is 6.79. The van der Waals surface area contributed by atoms with Crippen LogP contribution < -0.4 is 4.74 Å². The maximum absolute atomic E-state index is 8.96. The molecule has 0 saturated heterocycles. The van der Waals surface area contributed by atoms with Gasteiger partial charge in [0.15, 0.2) is 0 Å². The Labute approximate surface area is 128 Å². The van der Waals surface area contributed by atoms with Crippen LogP contribution in [-0.2, 0) is 0 Å². The molecular weight excluding hydrogens is 274 g/mol. The number of hydrogen-bond acceptors (Lipinski definition) is 4. The molecule has 0 aliphatic rings. The minimum absolute atomic E-state index is 0.605. The Morgan fingerprint density at radius 2 is 1.68 bits per heavy atom. The summed E-state index contributed by atoms with van der Waals surface area (Å²) in [5, 5.41) is 17.5. The van der Waals surface area contributed by atoms with Gasteiger partial charge in [0, 0.05) is 11.1 Å². The quantitative estimate of drug-likeness (QED) is 0.737. The van der Waals surface area contributed by atoms with E-state index in [0.717, 1.165) is 28.3 Å². The molecule has 22 heavy (non-hydrogen) atoms. The summed E-state index contributed by atoms with van der Waals surface area (Å²) < 4.78 is 5.34. The van der Waals surface area contributed by atoms with Crippen molar-refractivity contribution >= 4 is 0 Å². The normalized spacial score (nSPS) is 10.0. The highest BCUT2D eigenvalue weighted by Gasteiger charge is 2.08. The first-order chi connectivity index (χ1) is 10.8. The second-order valence-corrected chi connectivity index (χ2v) is 4.70. The second kappa shape index (κ2) is 6.06. The number of ether oxygens (including phenoxy) is 1. The van der Waals surface area contributed by atoms with Crippen molar-refractivity contribution in [3.8, 4) is 34.3 Å². The summed E-state index contributed by atoms with van der Waals surface area (Å²) in [5.74, 6) is 0.760. The largest absolute Gasteiger partial charge is 0.496 e. The number of hydrogen-bond donors (Lipinski definition) is 0. The van der Waals surface area contributed by atoms with Crippen molar-refractivity contribution in [3.63, 3.8) is 0 Å². The zero-order valence-electron chi connectivity index (χ0n) is 12.0. The van der Waals surface area contributed by atoms with Crippen molar-refractivity contribution in [2.75, 3.05) is 7.11 Å². The highest BCUT2D eigenvalue weighted by molar-refractivity contribution is 5.69. The average Bonchev–Trinajstić information content (AvgIpc) is 2.62. The fourth-order valence-electron chi connectivity index (χ4n) is 2.23. The van der Waals surface area contributed by atoms with Gasteiger partial charge in [0.25, 0.3) is 0 Å². The van der Waals surface area contributed by atoms with E-state index in [-0.39, 0.29) is 0 Å². The molecule has 0 atom stereocenters. The van der Waals surface area contributed by atoms with E-state index >= 15 is 0 Å². The van der Waals surface area contributed by atoms with E-state index in [1.165, 1.54) is 0 Å². The van der Waals surface area contributed by atoms with Crippen LogP contribution in [0.25, 0.3) is 22.5 Å². The summed E-state index contributed by atoms with van der Waals surface area (Å²) in [7, 11) is 1.63. The third-order valence-corrected chi connectivity index (χ3v) is 3.33. The minimum Gasteiger partial charge on any atom is -0.496 e. The molecular formula is C18H13N3O. The first kappa shape index (κ1) is 13.8. The molecule has 2 aromatic carbocycles. The van der Waals surface area contributed by atoms with Gasteiger partial charge >= 0.3 is 0 Å². The van der Waals surface area contributed by atoms with Gasteiger partial charge in [0.1, 0.15) is 5.75 Å². The Hall–Kier alpha value is -3.19. The number of methoxy groups -OCH3 is 1. The lowest BCUT2D eigenvalue weighted by molar-refractivity contribution is 0.416. The molecule has 3 rings (SSSR count). The fraction of sp³-hybridized carbons (Fsp3) is 0.0556. The van der Waals surface area contributed by atoms with Crippen molar-refractivity contribution in [1.82, 2.24) is 10.2 Å². The lowest BCUT2D eigenvalue weighted by Crippen LogP contribution is -1.93. The molecule has 0 spiro atoms. The van der Waals surface area contributed by atoms with Gasteiger partial charge in [-0.25, -0.2) is 0 Å². The highest BCUT2D eigenvalue weighted by Crippen LogP contribution is 2.28. The van der Waals surface area contributed by atoms with Gasteiger partial charge in [0.2, 0.25) is 0 Å². The average molecular weight is 287 g/mol. The van der Waals surface area contributed by atoms with Gasteiger partial charge in [-0.05, 0) is 36.4 Å². The maximum Gasteiger partial charge on any atom is 0.128 e. The molecule has 0 amide bonds. The number of aromatic nitrogens is 2. The molecule has 0 unspecified atom stereocenters. The van der Waals surface area contributed by atoms with E-state index in [9.17, 15) is 0 Å². The maximum atomic E-state index is 8.96. The molecule has 3 aromatic rings. The number of para-hydroxylation sites is 1. The third-order valence-electron chi connectivity index (χ3n) is 3.33. The molecule has 0 saturated carbocycles. The van der Waals surface area contributed by atoms with Crippen LogP contribution in [-0.4, -0.2) is 17.3 Å². The van der Waals surface area contributed by atoms with Crippen LogP contribution in [0.4, 0.5) is 0 Å². The Kier molecular flexibility index (Phi) is 3.80. The summed E-state index contributed by atoms with van der Waals surface area (Å²) in [6.45, 7) is 0. The van der Waals surface area contributed by atoms with Crippen molar-refractivity contribution in [1.29, 1.82) is 5.26 Å². The molecule has 4 heteroatoms. The molecule has 0 aliphatic heterocycles. The van der Waals surface area contributed by atoms with Crippen molar-refractivity contribution in [2.45, 2.75) is 0 Å². The molecule has 0 N–H and O–H groups in total. The lowest BCUT2D eigenvalue weighted by Gasteiger charge is -2.07. The lowest BCUT2D eigenvalue weighted by atomic mass is 10.1. The van der Waals surface area contributed by atoms with E-state index in [0.29, 0.717) is 5.56 Å². The van der Waals surface area contributed by atoms with E-state index in [1.807, 2.05) is 48.5 Å². The smallest absolute Gasteiger partial charge is 0.128 e. The minimum atomic E-state index is 0.605. The Balaban J connectivity index is 1.98. The van der Waals surface area contributed by atoms with E-state index < -0.39 is 0 Å². The zero-order chi connectivity index (χ0) is 15.4. The van der Waals surface area contributed by atoms with Gasteiger partial charge in [-0.3, -0.25) is 0 Å².